The molecule has 0 bridgehead atoms. The van der Waals surface area contributed by atoms with Gasteiger partial charge < -0.3 is 24.4 Å². The molecular weight excluding hydrogens is 486 g/mol. The number of benzene rings is 2. The first kappa shape index (κ1) is 27.1. The van der Waals surface area contributed by atoms with Crippen molar-refractivity contribution < 1.29 is 32.2 Å². The van der Waals surface area contributed by atoms with Crippen molar-refractivity contribution in [1.29, 1.82) is 0 Å². The Morgan fingerprint density at radius 3 is 2.44 bits per heavy atom. The predicted octanol–water partition coefficient (Wildman–Crippen LogP) is 2.52. The Kier molecular flexibility index (Phi) is 9.03. The molecular formula is C25H33N3O7S. The number of hydrogen-bond donors (Lipinski definition) is 1. The summed E-state index contributed by atoms with van der Waals surface area (Å²) in [7, 11) is -2.04. The Balaban J connectivity index is 1.72. The molecule has 1 aliphatic rings. The molecule has 196 valence electrons. The van der Waals surface area contributed by atoms with Gasteiger partial charge in [-0.05, 0) is 50.1 Å². The van der Waals surface area contributed by atoms with Crippen molar-refractivity contribution in [1.82, 2.24) is 10.2 Å². The zero-order chi connectivity index (χ0) is 26.3. The molecule has 0 saturated heterocycles. The number of nitrogens with one attached hydrogen (secondary N) is 1. The molecule has 0 aliphatic carbocycles. The molecule has 1 N–H and O–H groups in total. The van der Waals surface area contributed by atoms with Crippen molar-refractivity contribution in [3.8, 4) is 17.2 Å². The number of fused-ring (bicyclic) bond motifs is 1. The van der Waals surface area contributed by atoms with Gasteiger partial charge in [0.05, 0.1) is 19.1 Å². The summed E-state index contributed by atoms with van der Waals surface area (Å²) in [4.78, 5) is 27.3. The quantitative estimate of drug-likeness (QED) is 0.458. The molecule has 2 aromatic carbocycles. The van der Waals surface area contributed by atoms with E-state index in [1.165, 1.54) is 9.21 Å². The van der Waals surface area contributed by atoms with E-state index in [2.05, 4.69) is 5.32 Å². The number of ether oxygens (including phenoxy) is 3. The number of rotatable bonds is 12. The summed E-state index contributed by atoms with van der Waals surface area (Å²) in [5.41, 5.74) is 1.28. The molecule has 2 aromatic rings. The van der Waals surface area contributed by atoms with Gasteiger partial charge in [0.15, 0.2) is 11.5 Å². The highest BCUT2D eigenvalue weighted by Gasteiger charge is 2.27. The number of carbonyl (C=O) groups is 2. The van der Waals surface area contributed by atoms with Crippen molar-refractivity contribution in [2.45, 2.75) is 39.3 Å². The summed E-state index contributed by atoms with van der Waals surface area (Å²) in [6, 6.07) is 11.5. The van der Waals surface area contributed by atoms with Gasteiger partial charge in [0.2, 0.25) is 28.6 Å². The number of carbonyl (C=O) groups excluding carboxylic acids is 2. The molecule has 0 radical (unpaired) electrons. The fourth-order valence-electron chi connectivity index (χ4n) is 3.88. The van der Waals surface area contributed by atoms with E-state index in [1.54, 1.807) is 44.4 Å². The van der Waals surface area contributed by atoms with Gasteiger partial charge in [-0.1, -0.05) is 12.1 Å². The lowest BCUT2D eigenvalue weighted by molar-refractivity contribution is -0.140. The largest absolute Gasteiger partial charge is 0.497 e. The van der Waals surface area contributed by atoms with E-state index < -0.39 is 16.1 Å². The fourth-order valence-corrected chi connectivity index (χ4v) is 4.83. The second-order valence-electron chi connectivity index (χ2n) is 8.42. The van der Waals surface area contributed by atoms with Gasteiger partial charge >= 0.3 is 0 Å². The van der Waals surface area contributed by atoms with Gasteiger partial charge in [-0.2, -0.15) is 0 Å². The molecule has 11 heteroatoms. The number of hydrogen-bond acceptors (Lipinski definition) is 7. The first-order valence-corrected chi connectivity index (χ1v) is 13.6. The summed E-state index contributed by atoms with van der Waals surface area (Å²) < 4.78 is 42.1. The number of anilines is 1. The monoisotopic (exact) mass is 519 g/mol. The van der Waals surface area contributed by atoms with Crippen LogP contribution in [0.4, 0.5) is 5.69 Å². The molecule has 1 aliphatic heterocycles. The van der Waals surface area contributed by atoms with Crippen LogP contribution in [-0.2, 0) is 26.2 Å². The van der Waals surface area contributed by atoms with Crippen LogP contribution in [0.25, 0.3) is 0 Å². The maximum atomic E-state index is 13.3. The highest BCUT2D eigenvalue weighted by Crippen LogP contribution is 2.36. The molecule has 10 nitrogen and oxygen atoms in total. The third kappa shape index (κ3) is 6.81. The SMILES string of the molecule is CCNC(=O)[C@H](C)N(Cc1ccc(OC)cc1)C(=O)CCCN(c1ccc2c(c1)OCO2)S(C)(=O)=O. The second kappa shape index (κ2) is 12.0. The minimum atomic E-state index is -3.61. The van der Waals surface area contributed by atoms with Crippen LogP contribution in [0, 0.1) is 0 Å². The predicted molar refractivity (Wildman–Crippen MR) is 136 cm³/mol. The van der Waals surface area contributed by atoms with Crippen LogP contribution in [-0.4, -0.2) is 64.4 Å². The molecule has 0 spiro atoms. The van der Waals surface area contributed by atoms with E-state index in [4.69, 9.17) is 14.2 Å². The normalized spacial score (nSPS) is 13.1. The second-order valence-corrected chi connectivity index (χ2v) is 10.3. The van der Waals surface area contributed by atoms with Crippen LogP contribution in [0.2, 0.25) is 0 Å². The summed E-state index contributed by atoms with van der Waals surface area (Å²) in [6.45, 7) is 4.36. The molecule has 0 fully saturated rings. The van der Waals surface area contributed by atoms with Crippen LogP contribution in [0.5, 0.6) is 17.2 Å². The van der Waals surface area contributed by atoms with Gasteiger partial charge in [-0.15, -0.1) is 0 Å². The maximum absolute atomic E-state index is 13.3. The van der Waals surface area contributed by atoms with E-state index in [-0.39, 0.29) is 44.5 Å². The fraction of sp³-hybridized carbons (Fsp3) is 0.440. The van der Waals surface area contributed by atoms with Crippen molar-refractivity contribution in [3.05, 3.63) is 48.0 Å². The summed E-state index contributed by atoms with van der Waals surface area (Å²) in [5.74, 6) is 1.22. The third-order valence-electron chi connectivity index (χ3n) is 5.83. The molecule has 3 rings (SSSR count). The average molecular weight is 520 g/mol. The molecule has 0 saturated carbocycles. The van der Waals surface area contributed by atoms with Crippen molar-refractivity contribution in [2.75, 3.05) is 37.6 Å². The zero-order valence-corrected chi connectivity index (χ0v) is 21.8. The lowest BCUT2D eigenvalue weighted by Crippen LogP contribution is -2.47. The Bertz CT molecular complexity index is 1170. The van der Waals surface area contributed by atoms with Crippen LogP contribution in [0.15, 0.2) is 42.5 Å². The Labute approximate surface area is 212 Å². The molecule has 1 heterocycles. The first-order chi connectivity index (χ1) is 17.1. The van der Waals surface area contributed by atoms with Crippen LogP contribution in [0.1, 0.15) is 32.3 Å². The van der Waals surface area contributed by atoms with E-state index in [0.717, 1.165) is 11.8 Å². The summed E-state index contributed by atoms with van der Waals surface area (Å²) in [6.07, 6.45) is 1.45. The van der Waals surface area contributed by atoms with Gasteiger partial charge in [0, 0.05) is 32.1 Å². The molecule has 0 aromatic heterocycles. The lowest BCUT2D eigenvalue weighted by Gasteiger charge is -2.29. The van der Waals surface area contributed by atoms with E-state index in [1.807, 2.05) is 19.1 Å². The number of nitrogens with zero attached hydrogens (tertiary/aromatic N) is 2. The standard InChI is InChI=1S/C25H33N3O7S/c1-5-26-25(30)18(2)27(16-19-8-11-21(33-3)12-9-19)24(29)7-6-14-28(36(4,31)32)20-10-13-22-23(15-20)35-17-34-22/h8-13,15,18H,5-7,14,16-17H2,1-4H3,(H,26,30)/t18-/m0/s1. The number of methoxy groups -OCH3 is 1. The topological polar surface area (TPSA) is 114 Å². The Hall–Kier alpha value is -3.47. The van der Waals surface area contributed by atoms with E-state index >= 15 is 0 Å². The molecule has 1 atom stereocenters. The van der Waals surface area contributed by atoms with Crippen molar-refractivity contribution in [2.24, 2.45) is 0 Å². The summed E-state index contributed by atoms with van der Waals surface area (Å²) >= 11 is 0. The van der Waals surface area contributed by atoms with Crippen LogP contribution in [0.3, 0.4) is 0 Å². The number of sulfonamides is 1. The van der Waals surface area contributed by atoms with Gasteiger partial charge in [-0.3, -0.25) is 13.9 Å². The number of likely N-dealkylation sites (N-methyl/N-ethyl adjacent to an activating group) is 1. The minimum absolute atomic E-state index is 0.0659. The van der Waals surface area contributed by atoms with Crippen LogP contribution < -0.4 is 23.8 Å². The average Bonchev–Trinajstić information content (AvgIpc) is 3.32. The molecule has 36 heavy (non-hydrogen) atoms. The van der Waals surface area contributed by atoms with Gasteiger partial charge in [-0.25, -0.2) is 8.42 Å². The smallest absolute Gasteiger partial charge is 0.242 e. The Morgan fingerprint density at radius 1 is 1.11 bits per heavy atom. The lowest BCUT2D eigenvalue weighted by atomic mass is 10.1. The molecule has 2 amide bonds. The van der Waals surface area contributed by atoms with E-state index in [9.17, 15) is 18.0 Å². The Morgan fingerprint density at radius 2 is 1.81 bits per heavy atom. The van der Waals surface area contributed by atoms with Crippen LogP contribution >= 0.6 is 0 Å². The molecule has 0 unspecified atom stereocenters. The van der Waals surface area contributed by atoms with Crippen molar-refractivity contribution in [3.63, 3.8) is 0 Å². The first-order valence-electron chi connectivity index (χ1n) is 11.7. The highest BCUT2D eigenvalue weighted by molar-refractivity contribution is 7.92. The third-order valence-corrected chi connectivity index (χ3v) is 7.02. The zero-order valence-electron chi connectivity index (χ0n) is 21.0. The minimum Gasteiger partial charge on any atom is -0.497 e. The highest BCUT2D eigenvalue weighted by atomic mass is 32.2. The summed E-state index contributed by atoms with van der Waals surface area (Å²) in [5, 5.41) is 2.76. The van der Waals surface area contributed by atoms with E-state index in [0.29, 0.717) is 29.5 Å². The number of amides is 2. The van der Waals surface area contributed by atoms with Gasteiger partial charge in [0.25, 0.3) is 0 Å². The van der Waals surface area contributed by atoms with Crippen molar-refractivity contribution >= 4 is 27.5 Å². The maximum Gasteiger partial charge on any atom is 0.242 e. The van der Waals surface area contributed by atoms with Gasteiger partial charge in [0.1, 0.15) is 11.8 Å².